The normalized spacial score (nSPS) is 17.5. The third-order valence-electron chi connectivity index (χ3n) is 14.1. The molecule has 8 amide bonds. The second-order valence-electron chi connectivity index (χ2n) is 22.2. The summed E-state index contributed by atoms with van der Waals surface area (Å²) in [5, 5.41) is 23.8. The average Bonchev–Trinajstić information content (AvgIpc) is 4.16. The van der Waals surface area contributed by atoms with Gasteiger partial charge in [-0.15, -0.1) is 5.10 Å². The Hall–Kier alpha value is -7.09. The van der Waals surface area contributed by atoms with Gasteiger partial charge in [0.1, 0.15) is 18.3 Å². The number of hydrogen-bond donors (Lipinski definition) is 8. The van der Waals surface area contributed by atoms with E-state index in [2.05, 4.69) is 37.1 Å². The zero-order valence-electron chi connectivity index (χ0n) is 45.9. The molecule has 7 rings (SSSR count). The van der Waals surface area contributed by atoms with Crippen LogP contribution in [0.15, 0.2) is 72.8 Å². The van der Waals surface area contributed by atoms with E-state index < -0.39 is 68.6 Å². The summed E-state index contributed by atoms with van der Waals surface area (Å²) in [6, 6.07) is 20.5. The number of nitrogens with zero attached hydrogens (tertiary/aromatic N) is 4. The summed E-state index contributed by atoms with van der Waals surface area (Å²) in [5.41, 5.74) is 9.10. The van der Waals surface area contributed by atoms with Crippen LogP contribution in [0.25, 0.3) is 22.5 Å². The fraction of sp³-hybridized carbons (Fsp3) is 0.509. The number of para-hydroxylation sites is 1. The predicted molar refractivity (Wildman–Crippen MR) is 300 cm³/mol. The van der Waals surface area contributed by atoms with Crippen molar-refractivity contribution < 1.29 is 56.0 Å². The van der Waals surface area contributed by atoms with E-state index in [1.165, 1.54) is 0 Å². The average molecular weight is 1140 g/mol. The molecule has 4 heterocycles. The quantitative estimate of drug-likeness (QED) is 0.0246. The number of amides is 8. The van der Waals surface area contributed by atoms with Crippen molar-refractivity contribution in [3.05, 3.63) is 89.5 Å². The summed E-state index contributed by atoms with van der Waals surface area (Å²) in [7, 11) is -4.95. The van der Waals surface area contributed by atoms with Gasteiger partial charge in [0.25, 0.3) is 16.0 Å². The zero-order valence-corrected chi connectivity index (χ0v) is 47.5. The number of carbonyl (C=O) groups excluding carboxylic acids is 7. The second kappa shape index (κ2) is 26.5. The van der Waals surface area contributed by atoms with Crippen molar-refractivity contribution in [1.29, 1.82) is 0 Å². The molecule has 3 aromatic carbocycles. The maximum atomic E-state index is 14.2. The maximum Gasteiger partial charge on any atom is 0.408 e. The van der Waals surface area contributed by atoms with E-state index in [9.17, 15) is 46.5 Å². The first-order chi connectivity index (χ1) is 37.9. The van der Waals surface area contributed by atoms with E-state index in [0.29, 0.717) is 53.0 Å². The Morgan fingerprint density at radius 1 is 0.900 bits per heavy atom. The van der Waals surface area contributed by atoms with Crippen LogP contribution < -0.4 is 42.5 Å². The summed E-state index contributed by atoms with van der Waals surface area (Å²) in [6.45, 7) is 11.6. The Morgan fingerprint density at radius 2 is 1.61 bits per heavy atom. The zero-order chi connectivity index (χ0) is 57.9. The maximum absolute atomic E-state index is 14.2. The SMILES string of the molecule is CC(C)C[C@H](NC(=O)OCc1ccc(C(=O)NCC(C)(C)COCC(C)(C)n2nnc3c2-c2ccccc2CN(C(=O)CCNC(=O)C(CNC(=O)CCCC[C@@H]2SCC4NC(=O)NC42)S(=O)(=O)O)c2ccccc2-3)cc1)C(N)=O. The molecule has 9 N–H and O–H groups in total. The van der Waals surface area contributed by atoms with Crippen LogP contribution in [0.5, 0.6) is 0 Å². The van der Waals surface area contributed by atoms with E-state index in [4.69, 9.17) is 20.3 Å². The summed E-state index contributed by atoms with van der Waals surface area (Å²) < 4.78 is 48.2. The van der Waals surface area contributed by atoms with Gasteiger partial charge in [0.15, 0.2) is 5.25 Å². The molecular weight excluding hydrogens is 1070 g/mol. The molecule has 3 aliphatic heterocycles. The van der Waals surface area contributed by atoms with Gasteiger partial charge < -0.3 is 52.0 Å². The van der Waals surface area contributed by atoms with Crippen LogP contribution in [0.2, 0.25) is 0 Å². The predicted octanol–water partition coefficient (Wildman–Crippen LogP) is 4.40. The number of fused-ring (bicyclic) bond motifs is 6. The molecule has 3 aliphatic rings. The Bertz CT molecular complexity index is 3020. The van der Waals surface area contributed by atoms with Crippen molar-refractivity contribution in [3.63, 3.8) is 0 Å². The molecule has 5 atom stereocenters. The van der Waals surface area contributed by atoms with Gasteiger partial charge in [-0.1, -0.05) is 93.9 Å². The van der Waals surface area contributed by atoms with Gasteiger partial charge in [0.2, 0.25) is 23.6 Å². The third kappa shape index (κ3) is 15.8. The van der Waals surface area contributed by atoms with E-state index in [1.54, 1.807) is 53.1 Å². The highest BCUT2D eigenvalue weighted by Gasteiger charge is 2.43. The van der Waals surface area contributed by atoms with Gasteiger partial charge in [0, 0.05) is 65.6 Å². The fourth-order valence-corrected chi connectivity index (χ4v) is 12.0. The van der Waals surface area contributed by atoms with Crippen molar-refractivity contribution >= 4 is 69.2 Å². The van der Waals surface area contributed by atoms with Crippen LogP contribution in [0, 0.1) is 11.3 Å². The largest absolute Gasteiger partial charge is 0.445 e. The number of aromatic nitrogens is 3. The van der Waals surface area contributed by atoms with Gasteiger partial charge in [-0.25, -0.2) is 14.3 Å². The van der Waals surface area contributed by atoms with E-state index in [1.807, 2.05) is 82.6 Å². The van der Waals surface area contributed by atoms with Gasteiger partial charge >= 0.3 is 12.1 Å². The van der Waals surface area contributed by atoms with Crippen LogP contribution in [-0.2, 0) is 57.5 Å². The molecule has 0 spiro atoms. The molecule has 0 radical (unpaired) electrons. The molecule has 3 unspecified atom stereocenters. The number of urea groups is 1. The Morgan fingerprint density at radius 3 is 2.33 bits per heavy atom. The van der Waals surface area contributed by atoms with Crippen molar-refractivity contribution in [2.24, 2.45) is 17.1 Å². The van der Waals surface area contributed by atoms with Crippen molar-refractivity contribution in [3.8, 4) is 22.5 Å². The number of carbonyl (C=O) groups is 7. The number of primary amides is 1. The number of unbranched alkanes of at least 4 members (excludes halogenated alkanes) is 1. The first kappa shape index (κ1) is 60.5. The highest BCUT2D eigenvalue weighted by molar-refractivity contribution is 8.00. The smallest absolute Gasteiger partial charge is 0.408 e. The van der Waals surface area contributed by atoms with Crippen molar-refractivity contribution in [2.45, 2.75) is 127 Å². The van der Waals surface area contributed by atoms with Gasteiger partial charge in [-0.3, -0.25) is 28.5 Å². The van der Waals surface area contributed by atoms with Gasteiger partial charge in [-0.05, 0) is 68.4 Å². The fourth-order valence-electron chi connectivity index (χ4n) is 9.76. The summed E-state index contributed by atoms with van der Waals surface area (Å²) >= 11 is 1.76. The molecule has 80 heavy (non-hydrogen) atoms. The lowest BCUT2D eigenvalue weighted by Crippen LogP contribution is -2.47. The highest BCUT2D eigenvalue weighted by Crippen LogP contribution is 2.43. The molecule has 23 nitrogen and oxygen atoms in total. The Kier molecular flexibility index (Phi) is 20.0. The second-order valence-corrected chi connectivity index (χ2v) is 25.1. The van der Waals surface area contributed by atoms with Crippen LogP contribution in [0.1, 0.15) is 102 Å². The number of ether oxygens (including phenoxy) is 2. The van der Waals surface area contributed by atoms with Crippen LogP contribution >= 0.6 is 11.8 Å². The molecule has 0 saturated carbocycles. The Balaban J connectivity index is 0.916. The van der Waals surface area contributed by atoms with Crippen LogP contribution in [0.3, 0.4) is 0 Å². The minimum Gasteiger partial charge on any atom is -0.445 e. The van der Waals surface area contributed by atoms with Crippen molar-refractivity contribution in [2.75, 3.05) is 43.5 Å². The van der Waals surface area contributed by atoms with E-state index in [0.717, 1.165) is 23.3 Å². The number of nitrogens with one attached hydrogen (secondary N) is 6. The molecule has 1 aromatic heterocycles. The number of nitrogens with two attached hydrogens (primary N) is 1. The monoisotopic (exact) mass is 1140 g/mol. The minimum atomic E-state index is -4.95. The molecule has 0 bridgehead atoms. The van der Waals surface area contributed by atoms with Crippen LogP contribution in [0.4, 0.5) is 15.3 Å². The number of anilines is 1. The molecule has 2 fully saturated rings. The molecule has 432 valence electrons. The van der Waals surface area contributed by atoms with Gasteiger partial charge in [-0.2, -0.15) is 20.2 Å². The number of hydrogen-bond acceptors (Lipinski definition) is 14. The topological polar surface area (TPSA) is 324 Å². The summed E-state index contributed by atoms with van der Waals surface area (Å²) in [4.78, 5) is 90.7. The third-order valence-corrected chi connectivity index (χ3v) is 16.7. The highest BCUT2D eigenvalue weighted by atomic mass is 32.2. The first-order valence-electron chi connectivity index (χ1n) is 26.7. The number of alkyl carbamates (subject to hydrolysis) is 1. The molecule has 0 aliphatic carbocycles. The standard InChI is InChI=1S/C55H73N11O12S2/c1-33(2)25-39(49(56)69)61-53(73)78-28-34-19-21-35(22-20-34)50(70)59-30-54(3,4)31-77-32-55(5,6)66-48-37-14-8-7-13-36(37)27-65(41-16-10-9-15-38(41)46(48)63-64-66)45(68)23-24-57-51(71)43(80(74,75)76)26-58-44(67)18-12-11-17-42-47-40(29-79-42)60-52(72)62-47/h7-10,13-16,19-22,33,39-40,42-43,47H,11-12,17-18,23-32H2,1-6H3,(H2,56,69)(H,57,71)(H,58,67)(H,59,70)(H,61,73)(H2,60,62,72)(H,74,75,76)/t39-,40?,42-,43?,47?/m0/s1. The summed E-state index contributed by atoms with van der Waals surface area (Å²) in [5.74, 6) is -1.95. The van der Waals surface area contributed by atoms with E-state index in [-0.39, 0.29) is 87.5 Å². The minimum absolute atomic E-state index is 0.0413. The molecule has 4 aromatic rings. The lowest BCUT2D eigenvalue weighted by Gasteiger charge is -2.32. The first-order valence-corrected chi connectivity index (χ1v) is 29.3. The van der Waals surface area contributed by atoms with Crippen molar-refractivity contribution in [1.82, 2.24) is 46.9 Å². The number of benzene rings is 3. The van der Waals surface area contributed by atoms with Gasteiger partial charge in [0.05, 0.1) is 48.8 Å². The number of rotatable bonds is 26. The Labute approximate surface area is 470 Å². The van der Waals surface area contributed by atoms with E-state index >= 15 is 0 Å². The molecular formula is C55H73N11O12S2. The molecule has 2 saturated heterocycles. The number of thioether (sulfide) groups is 1. The molecule has 25 heteroatoms. The lowest BCUT2D eigenvalue weighted by molar-refractivity contribution is -0.122. The van der Waals surface area contributed by atoms with Crippen LogP contribution in [-0.4, -0.2) is 137 Å². The lowest BCUT2D eigenvalue weighted by atomic mass is 9.93. The summed E-state index contributed by atoms with van der Waals surface area (Å²) in [6.07, 6.45) is 1.42.